The maximum Gasteiger partial charge on any atom is 2.00 e. The van der Waals surface area contributed by atoms with Gasteiger partial charge in [-0.2, -0.15) is 38.5 Å². The van der Waals surface area contributed by atoms with E-state index in [2.05, 4.69) is 38.1 Å². The maximum atomic E-state index is 12.6. The van der Waals surface area contributed by atoms with Crippen LogP contribution in [0, 0.1) is 27.7 Å². The molecule has 0 N–H and O–H groups in total. The molecule has 9 heteroatoms. The summed E-state index contributed by atoms with van der Waals surface area (Å²) in [6, 6.07) is 30.6. The Morgan fingerprint density at radius 1 is 0.543 bits per heavy atom. The molecule has 0 saturated carbocycles. The molecule has 6 rings (SSSR count). The molecule has 0 spiro atoms. The molecular weight excluding hydrogens is 677 g/mol. The van der Waals surface area contributed by atoms with Crippen LogP contribution in [0.15, 0.2) is 109 Å². The fourth-order valence-electron chi connectivity index (χ4n) is 4.95. The molecule has 0 amide bonds. The number of halogens is 8. The van der Waals surface area contributed by atoms with E-state index in [0.717, 1.165) is 85.6 Å². The van der Waals surface area contributed by atoms with E-state index in [4.69, 9.17) is 0 Å². The van der Waals surface area contributed by atoms with E-state index < -0.39 is 23.5 Å². The third-order valence-corrected chi connectivity index (χ3v) is 6.84. The Labute approximate surface area is 293 Å². The molecule has 0 nitrogen and oxygen atoms in total. The molecule has 0 aliphatic rings. The van der Waals surface area contributed by atoms with Crippen molar-refractivity contribution in [1.29, 1.82) is 0 Å². The van der Waals surface area contributed by atoms with Crippen molar-refractivity contribution in [2.75, 3.05) is 0 Å². The van der Waals surface area contributed by atoms with Crippen molar-refractivity contribution in [3.63, 3.8) is 0 Å². The summed E-state index contributed by atoms with van der Waals surface area (Å²) in [5.74, 6) is 0. The summed E-state index contributed by atoms with van der Waals surface area (Å²) >= 11 is 0. The van der Waals surface area contributed by atoms with Gasteiger partial charge in [0.1, 0.15) is 0 Å². The van der Waals surface area contributed by atoms with Gasteiger partial charge in [-0.15, -0.1) is 69.1 Å². The zero-order valence-electron chi connectivity index (χ0n) is 25.0. The Kier molecular flexibility index (Phi) is 15.3. The molecular formula is C37H30Cl2F6Ti-4. The fraction of sp³-hybridized carbons (Fsp3) is 0.135. The normalized spacial score (nSPS) is 10.8. The monoisotopic (exact) mass is 706 g/mol. The van der Waals surface area contributed by atoms with Gasteiger partial charge in [0.05, 0.1) is 11.1 Å². The summed E-state index contributed by atoms with van der Waals surface area (Å²) in [5.41, 5.74) is 4.59. The van der Waals surface area contributed by atoms with Gasteiger partial charge in [-0.25, -0.2) is 0 Å². The number of hydrogen-bond donors (Lipinski definition) is 0. The minimum absolute atomic E-state index is 0. The molecule has 0 heterocycles. The van der Waals surface area contributed by atoms with Crippen molar-refractivity contribution in [1.82, 2.24) is 0 Å². The molecule has 6 aromatic carbocycles. The molecule has 6 aromatic rings. The second-order valence-corrected chi connectivity index (χ2v) is 10.2. The van der Waals surface area contributed by atoms with Crippen LogP contribution in [-0.2, 0) is 34.1 Å². The molecule has 0 bridgehead atoms. The molecule has 0 aliphatic heterocycles. The van der Waals surface area contributed by atoms with E-state index in [-0.39, 0.29) is 46.5 Å². The number of rotatable bonds is 2. The first-order valence-electron chi connectivity index (χ1n) is 13.6. The zero-order valence-corrected chi connectivity index (χ0v) is 28.1. The first kappa shape index (κ1) is 41.0. The molecule has 0 aromatic heterocycles. The number of hydrogen-bond acceptors (Lipinski definition) is 0. The average molecular weight is 707 g/mol. The van der Waals surface area contributed by atoms with E-state index >= 15 is 0 Å². The summed E-state index contributed by atoms with van der Waals surface area (Å²) in [6.07, 6.45) is -7.83. The minimum Gasteiger partial charge on any atom is -1.00 e. The van der Waals surface area contributed by atoms with Gasteiger partial charge in [-0.3, -0.25) is 0 Å². The van der Waals surface area contributed by atoms with Gasteiger partial charge in [-0.05, 0) is 35.4 Å². The molecule has 0 atom stereocenters. The van der Waals surface area contributed by atoms with Crippen LogP contribution >= 0.6 is 0 Å². The van der Waals surface area contributed by atoms with Gasteiger partial charge in [0.15, 0.2) is 0 Å². The van der Waals surface area contributed by atoms with Crippen molar-refractivity contribution in [2.45, 2.75) is 32.6 Å². The van der Waals surface area contributed by atoms with Gasteiger partial charge in [0, 0.05) is 0 Å². The number of aryl methyl sites for hydroxylation is 2. The van der Waals surface area contributed by atoms with E-state index in [1.807, 2.05) is 50.2 Å². The minimum atomic E-state index is -4.29. The molecule has 0 saturated heterocycles. The van der Waals surface area contributed by atoms with Crippen molar-refractivity contribution in [2.24, 2.45) is 0 Å². The van der Waals surface area contributed by atoms with Crippen molar-refractivity contribution < 1.29 is 72.9 Å². The van der Waals surface area contributed by atoms with Crippen LogP contribution in [0.2, 0.25) is 0 Å². The summed E-state index contributed by atoms with van der Waals surface area (Å²) in [4.78, 5) is 0. The second kappa shape index (κ2) is 17.2. The Bertz CT molecular complexity index is 1660. The predicted molar refractivity (Wildman–Crippen MR) is 165 cm³/mol. The number of fused-ring (bicyclic) bond motifs is 2. The summed E-state index contributed by atoms with van der Waals surface area (Å²) in [6.45, 7) is 10.8. The summed E-state index contributed by atoms with van der Waals surface area (Å²) in [7, 11) is 0. The molecule has 46 heavy (non-hydrogen) atoms. The van der Waals surface area contributed by atoms with Crippen LogP contribution in [0.3, 0.4) is 0 Å². The quantitative estimate of drug-likeness (QED) is 0.115. The van der Waals surface area contributed by atoms with Gasteiger partial charge >= 0.3 is 34.1 Å². The van der Waals surface area contributed by atoms with Crippen LogP contribution in [0.5, 0.6) is 0 Å². The van der Waals surface area contributed by atoms with E-state index in [0.29, 0.717) is 0 Å². The third-order valence-electron chi connectivity index (χ3n) is 6.84. The van der Waals surface area contributed by atoms with Crippen molar-refractivity contribution in [3.8, 4) is 22.3 Å². The van der Waals surface area contributed by atoms with Crippen molar-refractivity contribution in [3.05, 3.63) is 145 Å². The topological polar surface area (TPSA) is 0 Å². The van der Waals surface area contributed by atoms with Gasteiger partial charge in [0.2, 0.25) is 0 Å². The van der Waals surface area contributed by atoms with E-state index in [9.17, 15) is 26.3 Å². The Morgan fingerprint density at radius 3 is 1.13 bits per heavy atom. The second-order valence-electron chi connectivity index (χ2n) is 10.2. The van der Waals surface area contributed by atoms with Gasteiger partial charge in [0.25, 0.3) is 0 Å². The fourth-order valence-corrected chi connectivity index (χ4v) is 4.95. The van der Waals surface area contributed by atoms with Crippen molar-refractivity contribution >= 4 is 21.5 Å². The van der Waals surface area contributed by atoms with Crippen LogP contribution in [-0.4, -0.2) is 0 Å². The van der Waals surface area contributed by atoms with Crippen LogP contribution in [0.25, 0.3) is 43.8 Å². The maximum absolute atomic E-state index is 12.6. The third kappa shape index (κ3) is 9.99. The van der Waals surface area contributed by atoms with E-state index in [1.165, 1.54) is 24.3 Å². The molecule has 0 fully saturated rings. The number of benzene rings is 4. The standard InChI is InChI=1S/2C17H12F3.C3H6.2ClH.Ti/c2*1-11-9-13-3-2-4-15(16(13)10-11)12-5-7-14(8-6-12)17(18,19)20;1-3-2;;;/h2*2-10H,1H3;1-3H2;2*1H;/q2*-1;-2;;;+2/p-2. The van der Waals surface area contributed by atoms with E-state index in [1.54, 1.807) is 0 Å². The van der Waals surface area contributed by atoms with Crippen LogP contribution in [0.1, 0.15) is 28.7 Å². The Hall–Kier alpha value is -3.03. The summed E-state index contributed by atoms with van der Waals surface area (Å²) in [5, 5.41) is 4.37. The first-order chi connectivity index (χ1) is 20.3. The first-order valence-corrected chi connectivity index (χ1v) is 13.6. The smallest absolute Gasteiger partial charge is 1.00 e. The van der Waals surface area contributed by atoms with Crippen LogP contribution in [0.4, 0.5) is 26.3 Å². The predicted octanol–water partition coefficient (Wildman–Crippen LogP) is 6.16. The SMILES string of the molecule is Cc1cc2c(-c3ccc(C(F)(F)F)cc3)cccc2[cH-]1.Cc1cc2c(-c3ccc(C(F)(F)F)cc3)cccc2[cH-]1.[CH2-]C[CH2-].[Cl-].[Cl-].[Ti+2]. The zero-order chi connectivity index (χ0) is 31.4. The van der Waals surface area contributed by atoms with Crippen LogP contribution < -0.4 is 24.8 Å². The summed E-state index contributed by atoms with van der Waals surface area (Å²) < 4.78 is 75.5. The molecule has 0 unspecified atom stereocenters. The largest absolute Gasteiger partial charge is 2.00 e. The number of alkyl halides is 6. The molecule has 0 aliphatic carbocycles. The molecule has 0 radical (unpaired) electrons. The molecule has 242 valence electrons. The van der Waals surface area contributed by atoms with Gasteiger partial charge in [-0.1, -0.05) is 61.4 Å². The Balaban J connectivity index is 0.000000400. The average Bonchev–Trinajstić information content (AvgIpc) is 3.53. The van der Waals surface area contributed by atoms with Gasteiger partial charge < -0.3 is 45.1 Å². The Morgan fingerprint density at radius 2 is 0.848 bits per heavy atom.